The minimum atomic E-state index is -0.188. The number of amides is 1. The summed E-state index contributed by atoms with van der Waals surface area (Å²) in [6, 6.07) is 12.9. The summed E-state index contributed by atoms with van der Waals surface area (Å²) in [5.74, 6) is 1.92. The minimum absolute atomic E-state index is 0.188. The number of fused-ring (bicyclic) bond motifs is 1. The molecule has 2 aromatic carbocycles. The van der Waals surface area contributed by atoms with Gasteiger partial charge in [0, 0.05) is 35.3 Å². The maximum absolute atomic E-state index is 12.7. The number of benzene rings is 2. The van der Waals surface area contributed by atoms with Crippen LogP contribution in [0.5, 0.6) is 17.2 Å². The number of ether oxygens (including phenoxy) is 3. The first-order valence-electron chi connectivity index (χ1n) is 9.44. The zero-order valence-corrected chi connectivity index (χ0v) is 16.4. The zero-order chi connectivity index (χ0) is 20.2. The van der Waals surface area contributed by atoms with Crippen molar-refractivity contribution in [2.24, 2.45) is 0 Å². The lowest BCUT2D eigenvalue weighted by Gasteiger charge is -2.19. The average Bonchev–Trinajstić information content (AvgIpc) is 2.73. The van der Waals surface area contributed by atoms with Crippen LogP contribution in [0.4, 0.5) is 5.69 Å². The number of anilines is 1. The van der Waals surface area contributed by atoms with Gasteiger partial charge in [0.15, 0.2) is 11.5 Å². The van der Waals surface area contributed by atoms with Crippen LogP contribution in [0.1, 0.15) is 27.0 Å². The van der Waals surface area contributed by atoms with Gasteiger partial charge in [-0.1, -0.05) is 6.07 Å². The molecule has 6 heteroatoms. The molecule has 0 fully saturated rings. The Kier molecular flexibility index (Phi) is 5.33. The standard InChI is InChI=1S/C23H22N2O4/c1-15-10-18(11-16(2)22(15)29-14-17-4-3-7-24-13-17)23(26)25-19-5-6-20-21(12-19)28-9-8-27-20/h3-7,10-13H,8-9,14H2,1-2H3,(H,25,26). The number of carbonyl (C=O) groups excluding carboxylic acids is 1. The third kappa shape index (κ3) is 4.32. The lowest BCUT2D eigenvalue weighted by molar-refractivity contribution is 0.102. The van der Waals surface area contributed by atoms with Gasteiger partial charge in [0.05, 0.1) is 0 Å². The molecule has 0 bridgehead atoms. The van der Waals surface area contributed by atoms with E-state index in [1.54, 1.807) is 30.6 Å². The number of aromatic nitrogens is 1. The maximum atomic E-state index is 12.7. The summed E-state index contributed by atoms with van der Waals surface area (Å²) >= 11 is 0. The van der Waals surface area contributed by atoms with Crippen molar-refractivity contribution in [2.45, 2.75) is 20.5 Å². The molecule has 1 aromatic heterocycles. The van der Waals surface area contributed by atoms with E-state index in [0.29, 0.717) is 42.6 Å². The number of rotatable bonds is 5. The van der Waals surface area contributed by atoms with Gasteiger partial charge >= 0.3 is 0 Å². The third-order valence-corrected chi connectivity index (χ3v) is 4.63. The zero-order valence-electron chi connectivity index (χ0n) is 16.4. The van der Waals surface area contributed by atoms with Gasteiger partial charge in [0.25, 0.3) is 5.91 Å². The monoisotopic (exact) mass is 390 g/mol. The molecule has 0 saturated heterocycles. The number of nitrogens with one attached hydrogen (secondary N) is 1. The molecule has 1 amide bonds. The first-order valence-corrected chi connectivity index (χ1v) is 9.44. The van der Waals surface area contributed by atoms with E-state index in [2.05, 4.69) is 10.3 Å². The Hall–Kier alpha value is -3.54. The van der Waals surface area contributed by atoms with Gasteiger partial charge in [-0.15, -0.1) is 0 Å². The van der Waals surface area contributed by atoms with Crippen molar-refractivity contribution < 1.29 is 19.0 Å². The first-order chi connectivity index (χ1) is 14.1. The molecular formula is C23H22N2O4. The average molecular weight is 390 g/mol. The number of carbonyl (C=O) groups is 1. The summed E-state index contributed by atoms with van der Waals surface area (Å²) in [7, 11) is 0. The molecular weight excluding hydrogens is 368 g/mol. The molecule has 3 aromatic rings. The van der Waals surface area contributed by atoms with Crippen LogP contribution in [0.3, 0.4) is 0 Å². The normalized spacial score (nSPS) is 12.3. The van der Waals surface area contributed by atoms with Crippen molar-refractivity contribution in [3.8, 4) is 17.2 Å². The summed E-state index contributed by atoms with van der Waals surface area (Å²) in [4.78, 5) is 16.8. The van der Waals surface area contributed by atoms with E-state index in [-0.39, 0.29) is 5.91 Å². The fourth-order valence-electron chi connectivity index (χ4n) is 3.27. The van der Waals surface area contributed by atoms with Crippen molar-refractivity contribution in [3.05, 3.63) is 77.1 Å². The Bertz CT molecular complexity index is 1010. The number of aryl methyl sites for hydroxylation is 2. The number of hydrogen-bond donors (Lipinski definition) is 1. The lowest BCUT2D eigenvalue weighted by Crippen LogP contribution is -2.16. The van der Waals surface area contributed by atoms with Crippen LogP contribution in [-0.2, 0) is 6.61 Å². The van der Waals surface area contributed by atoms with Crippen molar-refractivity contribution in [1.29, 1.82) is 0 Å². The molecule has 4 rings (SSSR count). The highest BCUT2D eigenvalue weighted by Gasteiger charge is 2.15. The summed E-state index contributed by atoms with van der Waals surface area (Å²) in [5, 5.41) is 2.92. The van der Waals surface area contributed by atoms with Crippen molar-refractivity contribution in [3.63, 3.8) is 0 Å². The summed E-state index contributed by atoms with van der Waals surface area (Å²) < 4.78 is 17.1. The Morgan fingerprint density at radius 1 is 1.07 bits per heavy atom. The fraction of sp³-hybridized carbons (Fsp3) is 0.217. The quantitative estimate of drug-likeness (QED) is 0.703. The molecule has 1 N–H and O–H groups in total. The smallest absolute Gasteiger partial charge is 0.255 e. The topological polar surface area (TPSA) is 69.7 Å². The highest BCUT2D eigenvalue weighted by molar-refractivity contribution is 6.04. The second-order valence-corrected chi connectivity index (χ2v) is 6.90. The van der Waals surface area contributed by atoms with Gasteiger partial charge in [-0.05, 0) is 55.3 Å². The van der Waals surface area contributed by atoms with Gasteiger partial charge < -0.3 is 19.5 Å². The van der Waals surface area contributed by atoms with E-state index >= 15 is 0 Å². The van der Waals surface area contributed by atoms with E-state index in [4.69, 9.17) is 14.2 Å². The van der Waals surface area contributed by atoms with E-state index in [1.165, 1.54) is 0 Å². The second-order valence-electron chi connectivity index (χ2n) is 6.90. The third-order valence-electron chi connectivity index (χ3n) is 4.63. The van der Waals surface area contributed by atoms with Gasteiger partial charge in [0.1, 0.15) is 25.6 Å². The molecule has 0 spiro atoms. The van der Waals surface area contributed by atoms with Crippen molar-refractivity contribution in [1.82, 2.24) is 4.98 Å². The summed E-state index contributed by atoms with van der Waals surface area (Å²) in [5.41, 5.74) is 4.03. The van der Waals surface area contributed by atoms with Crippen LogP contribution in [0.2, 0.25) is 0 Å². The highest BCUT2D eigenvalue weighted by atomic mass is 16.6. The summed E-state index contributed by atoms with van der Waals surface area (Å²) in [6.45, 7) is 5.34. The molecule has 148 valence electrons. The van der Waals surface area contributed by atoms with Crippen LogP contribution in [-0.4, -0.2) is 24.1 Å². The van der Waals surface area contributed by atoms with Gasteiger partial charge in [-0.25, -0.2) is 0 Å². The Morgan fingerprint density at radius 2 is 1.83 bits per heavy atom. The molecule has 29 heavy (non-hydrogen) atoms. The maximum Gasteiger partial charge on any atom is 0.255 e. The van der Waals surface area contributed by atoms with E-state index < -0.39 is 0 Å². The molecule has 0 aliphatic carbocycles. The van der Waals surface area contributed by atoms with E-state index in [9.17, 15) is 4.79 Å². The van der Waals surface area contributed by atoms with E-state index in [1.807, 2.05) is 38.1 Å². The van der Waals surface area contributed by atoms with Crippen LogP contribution < -0.4 is 19.5 Å². The first kappa shape index (κ1) is 18.8. The van der Waals surface area contributed by atoms with E-state index in [0.717, 1.165) is 22.4 Å². The van der Waals surface area contributed by atoms with Crippen LogP contribution in [0.25, 0.3) is 0 Å². The van der Waals surface area contributed by atoms with Crippen LogP contribution in [0, 0.1) is 13.8 Å². The predicted molar refractivity (Wildman–Crippen MR) is 110 cm³/mol. The fourth-order valence-corrected chi connectivity index (χ4v) is 3.27. The molecule has 0 radical (unpaired) electrons. The van der Waals surface area contributed by atoms with Gasteiger partial charge in [-0.3, -0.25) is 9.78 Å². The molecule has 2 heterocycles. The molecule has 0 saturated carbocycles. The highest BCUT2D eigenvalue weighted by Crippen LogP contribution is 2.33. The lowest BCUT2D eigenvalue weighted by atomic mass is 10.0. The van der Waals surface area contributed by atoms with Crippen LogP contribution >= 0.6 is 0 Å². The van der Waals surface area contributed by atoms with Crippen molar-refractivity contribution in [2.75, 3.05) is 18.5 Å². The Morgan fingerprint density at radius 3 is 2.55 bits per heavy atom. The van der Waals surface area contributed by atoms with Gasteiger partial charge in [0.2, 0.25) is 0 Å². The van der Waals surface area contributed by atoms with Gasteiger partial charge in [-0.2, -0.15) is 0 Å². The molecule has 1 aliphatic rings. The molecule has 6 nitrogen and oxygen atoms in total. The van der Waals surface area contributed by atoms with Crippen molar-refractivity contribution >= 4 is 11.6 Å². The number of pyridine rings is 1. The van der Waals surface area contributed by atoms with Crippen LogP contribution in [0.15, 0.2) is 54.9 Å². The largest absolute Gasteiger partial charge is 0.488 e. The molecule has 0 atom stereocenters. The Balaban J connectivity index is 1.47. The molecule has 0 unspecified atom stereocenters. The molecule has 1 aliphatic heterocycles. The second kappa shape index (κ2) is 8.22. The Labute approximate surface area is 169 Å². The summed E-state index contributed by atoms with van der Waals surface area (Å²) in [6.07, 6.45) is 3.51. The number of hydrogen-bond acceptors (Lipinski definition) is 5. The minimum Gasteiger partial charge on any atom is -0.488 e. The SMILES string of the molecule is Cc1cc(C(=O)Nc2ccc3c(c2)OCCO3)cc(C)c1OCc1cccnc1. The predicted octanol–water partition coefficient (Wildman–Crippen LogP) is 4.30. The number of nitrogens with zero attached hydrogens (tertiary/aromatic N) is 1.